The maximum atomic E-state index is 15.0. The molecule has 1 aliphatic rings. The van der Waals surface area contributed by atoms with Gasteiger partial charge in [0, 0.05) is 37.5 Å². The van der Waals surface area contributed by atoms with Crippen molar-refractivity contribution in [2.45, 2.75) is 32.5 Å². The molecule has 0 spiro atoms. The van der Waals surface area contributed by atoms with Gasteiger partial charge in [-0.25, -0.2) is 9.18 Å². The number of nitrogens with zero attached hydrogens (tertiary/aromatic N) is 2. The van der Waals surface area contributed by atoms with Crippen molar-refractivity contribution >= 4 is 17.7 Å². The highest BCUT2D eigenvalue weighted by atomic mass is 19.1. The van der Waals surface area contributed by atoms with Crippen LogP contribution in [0, 0.1) is 5.82 Å². The van der Waals surface area contributed by atoms with Crippen LogP contribution in [0.4, 0.5) is 14.9 Å². The number of carbonyl (C=O) groups is 2. The van der Waals surface area contributed by atoms with Gasteiger partial charge in [-0.3, -0.25) is 14.7 Å². The number of pyridine rings is 1. The van der Waals surface area contributed by atoms with Crippen LogP contribution in [0.25, 0.3) is 11.1 Å². The molecule has 0 radical (unpaired) electrons. The normalized spacial score (nSPS) is 16.3. The van der Waals surface area contributed by atoms with Gasteiger partial charge in [-0.15, -0.1) is 0 Å². The molecule has 34 heavy (non-hydrogen) atoms. The molecule has 8 heteroatoms. The fourth-order valence-corrected chi connectivity index (χ4v) is 3.85. The van der Waals surface area contributed by atoms with Crippen molar-refractivity contribution in [3.63, 3.8) is 0 Å². The molecule has 3 aromatic rings. The molecule has 4 rings (SSSR count). The Hall–Kier alpha value is -3.78. The van der Waals surface area contributed by atoms with E-state index in [1.807, 2.05) is 36.4 Å². The summed E-state index contributed by atoms with van der Waals surface area (Å²) >= 11 is 0. The van der Waals surface area contributed by atoms with Gasteiger partial charge in [-0.05, 0) is 53.9 Å². The molecule has 0 unspecified atom stereocenters. The predicted molar refractivity (Wildman–Crippen MR) is 128 cm³/mol. The topological polar surface area (TPSA) is 83.6 Å². The van der Waals surface area contributed by atoms with Crippen molar-refractivity contribution in [2.24, 2.45) is 0 Å². The first-order valence-corrected chi connectivity index (χ1v) is 11.2. The number of cyclic esters (lactones) is 1. The summed E-state index contributed by atoms with van der Waals surface area (Å²) in [5.74, 6) is -0.622. The maximum absolute atomic E-state index is 15.0. The van der Waals surface area contributed by atoms with Gasteiger partial charge in [0.1, 0.15) is 11.9 Å². The third-order valence-corrected chi connectivity index (χ3v) is 5.80. The number of nitrogens with one attached hydrogen (secondary N) is 2. The lowest BCUT2D eigenvalue weighted by Crippen LogP contribution is -2.33. The van der Waals surface area contributed by atoms with Crippen LogP contribution in [0.3, 0.4) is 0 Å². The smallest absolute Gasteiger partial charge is 0.414 e. The first-order valence-electron chi connectivity index (χ1n) is 11.2. The fourth-order valence-electron chi connectivity index (χ4n) is 3.85. The highest BCUT2D eigenvalue weighted by Gasteiger charge is 2.32. The minimum atomic E-state index is -0.555. The number of benzene rings is 2. The Morgan fingerprint density at radius 3 is 2.59 bits per heavy atom. The van der Waals surface area contributed by atoms with Crippen molar-refractivity contribution in [3.05, 3.63) is 83.9 Å². The average Bonchev–Trinajstić information content (AvgIpc) is 3.22. The molecule has 7 nitrogen and oxygen atoms in total. The van der Waals surface area contributed by atoms with Crippen LogP contribution in [0.2, 0.25) is 0 Å². The van der Waals surface area contributed by atoms with E-state index in [2.05, 4.69) is 22.5 Å². The number of rotatable bonds is 8. The summed E-state index contributed by atoms with van der Waals surface area (Å²) in [6.07, 6.45) is 2.53. The number of hydrogen-bond donors (Lipinski definition) is 2. The third-order valence-electron chi connectivity index (χ3n) is 5.80. The molecule has 1 fully saturated rings. The van der Waals surface area contributed by atoms with Crippen molar-refractivity contribution < 1.29 is 18.7 Å². The Labute approximate surface area is 198 Å². The second-order valence-corrected chi connectivity index (χ2v) is 8.30. The predicted octanol–water partition coefficient (Wildman–Crippen LogP) is 4.20. The van der Waals surface area contributed by atoms with E-state index in [0.29, 0.717) is 17.8 Å². The number of hydrogen-bond acceptors (Lipinski definition) is 5. The summed E-state index contributed by atoms with van der Waals surface area (Å²) in [5, 5.41) is 6.10. The molecule has 1 saturated heterocycles. The average molecular weight is 463 g/mol. The second kappa shape index (κ2) is 10.4. The number of carbonyl (C=O) groups excluding carboxylic acids is 2. The van der Waals surface area contributed by atoms with E-state index >= 15 is 0 Å². The molecule has 2 N–H and O–H groups in total. The summed E-state index contributed by atoms with van der Waals surface area (Å²) in [6.45, 7) is 4.65. The molecule has 2 atom stereocenters. The Bertz CT molecular complexity index is 1150. The Balaban J connectivity index is 1.39. The summed E-state index contributed by atoms with van der Waals surface area (Å²) in [4.78, 5) is 28.7. The summed E-state index contributed by atoms with van der Waals surface area (Å²) in [5.41, 5.74) is 3.88. The van der Waals surface area contributed by atoms with Gasteiger partial charge in [0.2, 0.25) is 5.91 Å². The SMILES string of the molecule is CC(=O)NC[C@H]1CN(c2ccc(-c3ccc(CN[C@H](C)c4ccncc4)cc3)c(F)c2)C(=O)O1. The van der Waals surface area contributed by atoms with Crippen LogP contribution in [-0.4, -0.2) is 36.2 Å². The zero-order valence-corrected chi connectivity index (χ0v) is 19.1. The van der Waals surface area contributed by atoms with Crippen molar-refractivity contribution in [1.82, 2.24) is 15.6 Å². The highest BCUT2D eigenvalue weighted by molar-refractivity contribution is 5.90. The lowest BCUT2D eigenvalue weighted by atomic mass is 10.0. The number of amides is 2. The molecule has 1 aliphatic heterocycles. The number of aromatic nitrogens is 1. The van der Waals surface area contributed by atoms with Crippen molar-refractivity contribution in [2.75, 3.05) is 18.0 Å². The molecule has 2 aromatic carbocycles. The number of halogens is 1. The second-order valence-electron chi connectivity index (χ2n) is 8.30. The van der Waals surface area contributed by atoms with E-state index in [4.69, 9.17) is 4.74 Å². The minimum Gasteiger partial charge on any atom is -0.442 e. The molecule has 2 heterocycles. The van der Waals surface area contributed by atoms with E-state index in [0.717, 1.165) is 16.7 Å². The van der Waals surface area contributed by atoms with Gasteiger partial charge in [0.05, 0.1) is 18.8 Å². The van der Waals surface area contributed by atoms with Crippen molar-refractivity contribution in [1.29, 1.82) is 0 Å². The van der Waals surface area contributed by atoms with Crippen LogP contribution < -0.4 is 15.5 Å². The van der Waals surface area contributed by atoms with Crippen molar-refractivity contribution in [3.8, 4) is 11.1 Å². The lowest BCUT2D eigenvalue weighted by Gasteiger charge is -2.15. The van der Waals surface area contributed by atoms with Gasteiger partial charge in [-0.1, -0.05) is 24.3 Å². The number of ether oxygens (including phenoxy) is 1. The zero-order valence-electron chi connectivity index (χ0n) is 19.1. The highest BCUT2D eigenvalue weighted by Crippen LogP contribution is 2.29. The molecular formula is C26H27FN4O3. The van der Waals surface area contributed by atoms with Gasteiger partial charge in [0.15, 0.2) is 0 Å². The van der Waals surface area contributed by atoms with E-state index in [1.165, 1.54) is 17.9 Å². The van der Waals surface area contributed by atoms with E-state index in [9.17, 15) is 14.0 Å². The standard InChI is InChI=1S/C26H27FN4O3/c1-17(20-9-11-28-12-10-20)29-14-19-3-5-21(6-4-19)24-8-7-22(13-25(24)27)31-16-23(34-26(31)33)15-30-18(2)32/h3-13,17,23,29H,14-16H2,1-2H3,(H,30,32)/t17-,23+/m1/s1. The molecule has 0 aliphatic carbocycles. The Morgan fingerprint density at radius 1 is 1.18 bits per heavy atom. The van der Waals surface area contributed by atoms with E-state index in [-0.39, 0.29) is 25.0 Å². The lowest BCUT2D eigenvalue weighted by molar-refractivity contribution is -0.119. The minimum absolute atomic E-state index is 0.183. The zero-order chi connectivity index (χ0) is 24.1. The quantitative estimate of drug-likeness (QED) is 0.524. The Kier molecular flexibility index (Phi) is 7.18. The largest absolute Gasteiger partial charge is 0.442 e. The fraction of sp³-hybridized carbons (Fsp3) is 0.269. The molecule has 2 amide bonds. The molecule has 0 bridgehead atoms. The van der Waals surface area contributed by atoms with Gasteiger partial charge < -0.3 is 15.4 Å². The van der Waals surface area contributed by atoms with Gasteiger partial charge >= 0.3 is 6.09 Å². The number of anilines is 1. The monoisotopic (exact) mass is 462 g/mol. The van der Waals surface area contributed by atoms with E-state index in [1.54, 1.807) is 24.5 Å². The molecule has 176 valence electrons. The molecule has 0 saturated carbocycles. The first-order chi connectivity index (χ1) is 16.4. The van der Waals surface area contributed by atoms with Crippen LogP contribution in [0.1, 0.15) is 31.0 Å². The first kappa shape index (κ1) is 23.4. The summed E-state index contributed by atoms with van der Waals surface area (Å²) in [7, 11) is 0. The van der Waals surface area contributed by atoms with Gasteiger partial charge in [-0.2, -0.15) is 0 Å². The van der Waals surface area contributed by atoms with Crippen LogP contribution in [-0.2, 0) is 16.1 Å². The summed E-state index contributed by atoms with van der Waals surface area (Å²) < 4.78 is 20.2. The third kappa shape index (κ3) is 5.58. The molecular weight excluding hydrogens is 435 g/mol. The maximum Gasteiger partial charge on any atom is 0.414 e. The summed E-state index contributed by atoms with van der Waals surface area (Å²) in [6, 6.07) is 16.6. The van der Waals surface area contributed by atoms with Gasteiger partial charge in [0.25, 0.3) is 0 Å². The van der Waals surface area contributed by atoms with E-state index < -0.39 is 18.0 Å². The Morgan fingerprint density at radius 2 is 1.91 bits per heavy atom. The molecule has 1 aromatic heterocycles. The van der Waals surface area contributed by atoms with Crippen LogP contribution in [0.5, 0.6) is 0 Å². The van der Waals surface area contributed by atoms with Crippen LogP contribution in [0.15, 0.2) is 67.0 Å². The van der Waals surface area contributed by atoms with Crippen LogP contribution >= 0.6 is 0 Å².